The van der Waals surface area contributed by atoms with E-state index in [0.717, 1.165) is 69.1 Å². The van der Waals surface area contributed by atoms with Crippen LogP contribution in [-0.2, 0) is 47.7 Å². The Balaban J connectivity index is 0.000000226. The van der Waals surface area contributed by atoms with Crippen LogP contribution in [0.4, 0.5) is 154 Å². The van der Waals surface area contributed by atoms with Crippen LogP contribution in [0.1, 0.15) is 192 Å². The molecule has 45 heteroatoms. The van der Waals surface area contributed by atoms with E-state index in [2.05, 4.69) is 28.1 Å². The summed E-state index contributed by atoms with van der Waals surface area (Å²) in [5, 5.41) is 0. The maximum atomic E-state index is 14.4. The predicted octanol–water partition coefficient (Wildman–Crippen LogP) is 21.4. The molecule has 14 saturated carbocycles. The van der Waals surface area contributed by atoms with Crippen molar-refractivity contribution in [3.05, 3.63) is 0 Å². The first-order valence-corrected chi connectivity index (χ1v) is 36.6. The molecule has 10 nitrogen and oxygen atoms in total. The quantitative estimate of drug-likeness (QED) is 0.0788. The Labute approximate surface area is 640 Å². The number of rotatable bonds is 17. The second-order valence-corrected chi connectivity index (χ2v) is 34.8. The van der Waals surface area contributed by atoms with E-state index < -0.39 is 171 Å². The van der Waals surface area contributed by atoms with Crippen LogP contribution >= 0.6 is 0 Å². The maximum Gasteiger partial charge on any atom is 0.404 e. The van der Waals surface area contributed by atoms with Gasteiger partial charge in [0.15, 0.2) is 5.41 Å². The fourth-order valence-corrected chi connectivity index (χ4v) is 18.8. The number of ether oxygens (including phenoxy) is 5. The third-order valence-electron chi connectivity index (χ3n) is 26.7. The lowest BCUT2D eigenvalue weighted by atomic mass is 9.50. The Hall–Kier alpha value is -5.10. The molecule has 0 aromatic rings. The SMILES string of the molecule is CCC(C)(C(=O)OC1C(F)(F)C2(F)C(F)(F)C(F)(F)C1(F)C2(F)F)C(F)(F)F.CCC(C)(C)C(=O)OC1C(F)(F)C2(F)C(F)(F)C(F)(F)C1(F)C2(F)F.CCC(C)(C)C(=O)OCC12CC3CC(CC(C3)C1)C2.CCC(C)C(=O)OC1C(F)(F)C2(F)C(F)(F)C(F)(F)C1(F)C2(F)F.CCC(C)C(=O)OCC12CC3CC(CC(C3)C1)C2.F.F. The second kappa shape index (κ2) is 29.3. The van der Waals surface area contributed by atoms with Crippen LogP contribution in [-0.4, -0.2) is 173 Å². The molecule has 0 saturated heterocycles. The van der Waals surface area contributed by atoms with Gasteiger partial charge < -0.3 is 23.7 Å². The third-order valence-corrected chi connectivity index (χ3v) is 26.7. The highest BCUT2D eigenvalue weighted by atomic mass is 19.4. The lowest BCUT2D eigenvalue weighted by Gasteiger charge is -2.56. The number of alkyl halides is 33. The maximum absolute atomic E-state index is 14.4. The van der Waals surface area contributed by atoms with Crippen LogP contribution in [0.2, 0.25) is 0 Å². The average molecular weight is 1770 g/mol. The minimum atomic E-state index is -6.98. The Kier molecular flexibility index (Phi) is 25.2. The molecule has 14 fully saturated rings. The van der Waals surface area contributed by atoms with Crippen molar-refractivity contribution in [2.75, 3.05) is 13.2 Å². The molecule has 14 rings (SSSR count). The summed E-state index contributed by atoms with van der Waals surface area (Å²) in [5.41, 5.74) is -43.9. The van der Waals surface area contributed by atoms with Crippen molar-refractivity contribution < 1.29 is 202 Å². The van der Waals surface area contributed by atoms with E-state index in [4.69, 9.17) is 9.47 Å². The average Bonchev–Trinajstić information content (AvgIpc) is 1.46. The lowest BCUT2D eigenvalue weighted by Crippen LogP contribution is -2.72. The van der Waals surface area contributed by atoms with Crippen molar-refractivity contribution in [2.24, 2.45) is 74.4 Å². The summed E-state index contributed by atoms with van der Waals surface area (Å²) in [6.07, 6.45) is -2.70. The molecule has 116 heavy (non-hydrogen) atoms. The number of fused-ring (bicyclic) bond motifs is 6. The summed E-state index contributed by atoms with van der Waals surface area (Å²) in [7, 11) is 0. The van der Waals surface area contributed by atoms with Crippen LogP contribution in [0, 0.1) is 74.4 Å². The van der Waals surface area contributed by atoms with Crippen LogP contribution < -0.4 is 0 Å². The molecule has 0 aromatic carbocycles. The zero-order valence-electron chi connectivity index (χ0n) is 63.7. The summed E-state index contributed by atoms with van der Waals surface area (Å²) < 4.78 is 473. The highest BCUT2D eigenvalue weighted by Crippen LogP contribution is 2.83. The standard InChI is InChI=1S/C17H28O2.C16H26O2.C13H9F13O2.C13H12F10O2.C12H10F10O2.2FH/c1-4-16(2,3)15(18)19-11-17-8-12-5-13(9-17)7-14(6-12)10-17;1-3-11(2)15(17)18-10-16-7-12-4-13(8-16)6-14(5-12)9-16;1-3-6(2,13(24,25)26)5(27)28-4-7(14)10(18,19)9(17,8(4,15)16)12(22,23)11(7,20)21;1-4-7(2,3)6(24)25-5-8(14)11(18,19)10(17,9(5,15)16)13(22,23)12(8,20)21;1-3-4(2)5(23)24-6-7(13)10(17,18)9(16,8(6,14)15)12(21,22)11(7,19)20;;/h12-14H,4-11H2,1-3H3;11-14H,3-10H2,1-2H3;4H,3H2,1-2H3;5H,4H2,1-3H3;4,6H,3H2,1-2H3;2*1H. The first-order chi connectivity index (χ1) is 50.9. The number of esters is 5. The highest BCUT2D eigenvalue weighted by molar-refractivity contribution is 5.79. The normalized spacial score (nSPS) is 40.1. The molecule has 0 aromatic heterocycles. The molecule has 0 radical (unpaired) electrons. The monoisotopic (exact) mass is 1760 g/mol. The van der Waals surface area contributed by atoms with Gasteiger partial charge >= 0.3 is 124 Å². The van der Waals surface area contributed by atoms with Gasteiger partial charge in [0.2, 0.25) is 18.3 Å². The minimum Gasteiger partial charge on any atom is -0.465 e. The van der Waals surface area contributed by atoms with Crippen molar-refractivity contribution in [3.8, 4) is 0 Å². The van der Waals surface area contributed by atoms with E-state index in [-0.39, 0.29) is 52.4 Å². The van der Waals surface area contributed by atoms with Crippen LogP contribution in [0.25, 0.3) is 0 Å². The topological polar surface area (TPSA) is 132 Å². The van der Waals surface area contributed by atoms with E-state index in [9.17, 15) is 169 Å². The van der Waals surface area contributed by atoms with Crippen molar-refractivity contribution >= 4 is 29.8 Å². The molecule has 0 spiro atoms. The molecule has 676 valence electrons. The Morgan fingerprint density at radius 2 is 0.569 bits per heavy atom. The van der Waals surface area contributed by atoms with Gasteiger partial charge in [-0.05, 0) is 179 Å². The van der Waals surface area contributed by atoms with Gasteiger partial charge in [-0.25, -0.2) is 26.3 Å². The summed E-state index contributed by atoms with van der Waals surface area (Å²) in [6.45, 7) is 17.7. The molecule has 0 heterocycles. The molecule has 12 unspecified atom stereocenters. The highest BCUT2D eigenvalue weighted by Gasteiger charge is 3.16. The molecule has 0 aliphatic heterocycles. The molecule has 14 aliphatic carbocycles. The first kappa shape index (κ1) is 99.7. The molecule has 12 atom stereocenters. The van der Waals surface area contributed by atoms with Gasteiger partial charge in [-0.1, -0.05) is 48.5 Å². The third kappa shape index (κ3) is 12.5. The fourth-order valence-electron chi connectivity index (χ4n) is 18.8. The molecular weight excluding hydrogens is 1680 g/mol. The molecule has 14 aliphatic rings. The number of hydrogen-bond acceptors (Lipinski definition) is 10. The number of halogens is 35. The number of carbonyl (C=O) groups is 5. The Morgan fingerprint density at radius 3 is 0.810 bits per heavy atom. The largest absolute Gasteiger partial charge is 0.465 e. The lowest BCUT2D eigenvalue weighted by molar-refractivity contribution is -0.363. The van der Waals surface area contributed by atoms with E-state index in [1.165, 1.54) is 90.9 Å². The van der Waals surface area contributed by atoms with E-state index >= 15 is 0 Å². The zero-order chi connectivity index (χ0) is 88.2. The summed E-state index contributed by atoms with van der Waals surface area (Å²) in [6, 6.07) is 0. The number of carbonyl (C=O) groups excluding carboxylic acids is 5. The van der Waals surface area contributed by atoms with Gasteiger partial charge in [-0.3, -0.25) is 33.4 Å². The summed E-state index contributed by atoms with van der Waals surface area (Å²) in [4.78, 5) is 58.8. The van der Waals surface area contributed by atoms with Crippen molar-refractivity contribution in [3.63, 3.8) is 0 Å². The smallest absolute Gasteiger partial charge is 0.404 e. The van der Waals surface area contributed by atoms with Crippen molar-refractivity contribution in [2.45, 2.75) is 322 Å². The minimum absolute atomic E-state index is 0. The van der Waals surface area contributed by atoms with Gasteiger partial charge in [-0.15, -0.1) is 0 Å². The van der Waals surface area contributed by atoms with Gasteiger partial charge in [0.1, 0.15) is 0 Å². The van der Waals surface area contributed by atoms with Crippen LogP contribution in [0.15, 0.2) is 0 Å². The zero-order valence-corrected chi connectivity index (χ0v) is 63.7. The second-order valence-electron chi connectivity index (χ2n) is 34.8. The van der Waals surface area contributed by atoms with Crippen molar-refractivity contribution in [1.29, 1.82) is 0 Å². The summed E-state index contributed by atoms with van der Waals surface area (Å²) in [5.74, 6) is -81.2. The van der Waals surface area contributed by atoms with E-state index in [1.54, 1.807) is 0 Å². The van der Waals surface area contributed by atoms with Gasteiger partial charge in [0.25, 0.3) is 17.0 Å². The first-order valence-electron chi connectivity index (χ1n) is 36.6. The molecular formula is C71H87F35O10. The summed E-state index contributed by atoms with van der Waals surface area (Å²) >= 11 is 0. The molecule has 0 amide bonds. The molecule has 14 bridgehead atoms. The number of hydrogen-bond donors (Lipinski definition) is 0. The molecule has 0 N–H and O–H groups in total. The van der Waals surface area contributed by atoms with Gasteiger partial charge in [-0.2, -0.15) is 119 Å². The van der Waals surface area contributed by atoms with Crippen molar-refractivity contribution in [1.82, 2.24) is 0 Å². The fraction of sp³-hybridized carbons (Fsp3) is 0.930. The Morgan fingerprint density at radius 1 is 0.328 bits per heavy atom. The van der Waals surface area contributed by atoms with E-state index in [0.29, 0.717) is 31.0 Å². The predicted molar refractivity (Wildman–Crippen MR) is 332 cm³/mol. The van der Waals surface area contributed by atoms with Crippen LogP contribution in [0.3, 0.4) is 0 Å². The van der Waals surface area contributed by atoms with E-state index in [1.807, 2.05) is 20.8 Å². The van der Waals surface area contributed by atoms with Gasteiger partial charge in [0, 0.05) is 10.8 Å². The van der Waals surface area contributed by atoms with Gasteiger partial charge in [0.05, 0.1) is 35.9 Å². The van der Waals surface area contributed by atoms with Crippen LogP contribution in [0.5, 0.6) is 0 Å². The Bertz CT molecular complexity index is 3610.